The Hall–Kier alpha value is -2.17. The van der Waals surface area contributed by atoms with Crippen molar-refractivity contribution in [2.24, 2.45) is 0 Å². The number of nitrogens with zero attached hydrogens (tertiary/aromatic N) is 1. The van der Waals surface area contributed by atoms with E-state index in [9.17, 15) is 4.39 Å². The Balaban J connectivity index is 1.72. The van der Waals surface area contributed by atoms with Crippen molar-refractivity contribution in [2.75, 3.05) is 20.4 Å². The van der Waals surface area contributed by atoms with Gasteiger partial charge in [-0.25, -0.2) is 4.39 Å². The number of hydrogen-bond donors (Lipinski definition) is 0. The minimum absolute atomic E-state index is 0.229. The van der Waals surface area contributed by atoms with Crippen LogP contribution in [0.5, 0.6) is 5.75 Å². The van der Waals surface area contributed by atoms with E-state index in [-0.39, 0.29) is 11.9 Å². The molecular weight excluding hydrogens is 329 g/mol. The molecule has 1 unspecified atom stereocenters. The first-order valence-electron chi connectivity index (χ1n) is 8.97. The van der Waals surface area contributed by atoms with Crippen LogP contribution in [0.25, 0.3) is 0 Å². The summed E-state index contributed by atoms with van der Waals surface area (Å²) in [5, 5.41) is 0. The Labute approximate surface area is 155 Å². The highest BCUT2D eigenvalue weighted by atomic mass is 19.1. The summed E-state index contributed by atoms with van der Waals surface area (Å²) in [5.74, 6) is 0.630. The maximum absolute atomic E-state index is 13.3. The van der Waals surface area contributed by atoms with E-state index in [2.05, 4.69) is 30.5 Å². The molecule has 3 rings (SSSR count). The third kappa shape index (κ3) is 3.81. The molecule has 2 atom stereocenters. The average molecular weight is 355 g/mol. The van der Waals surface area contributed by atoms with Gasteiger partial charge < -0.3 is 9.47 Å². The highest BCUT2D eigenvalue weighted by Gasteiger charge is 2.37. The van der Waals surface area contributed by atoms with Crippen molar-refractivity contribution in [1.82, 2.24) is 4.90 Å². The van der Waals surface area contributed by atoms with Gasteiger partial charge in [-0.2, -0.15) is 0 Å². The number of methoxy groups -OCH3 is 1. The largest absolute Gasteiger partial charge is 0.497 e. The molecule has 0 aromatic heterocycles. The third-order valence-electron chi connectivity index (χ3n) is 5.30. The molecule has 138 valence electrons. The normalized spacial score (nSPS) is 22.0. The summed E-state index contributed by atoms with van der Waals surface area (Å²) in [5.41, 5.74) is 1.81. The van der Waals surface area contributed by atoms with Crippen molar-refractivity contribution < 1.29 is 13.9 Å². The van der Waals surface area contributed by atoms with Gasteiger partial charge >= 0.3 is 0 Å². The van der Waals surface area contributed by atoms with Crippen molar-refractivity contribution >= 4 is 0 Å². The summed E-state index contributed by atoms with van der Waals surface area (Å²) in [6, 6.07) is 15.0. The Morgan fingerprint density at radius 3 is 2.46 bits per heavy atom. The van der Waals surface area contributed by atoms with Crippen molar-refractivity contribution in [3.8, 4) is 5.75 Å². The lowest BCUT2D eigenvalue weighted by atomic mass is 9.85. The van der Waals surface area contributed by atoms with Crippen molar-refractivity contribution in [3.05, 3.63) is 78.1 Å². The molecule has 0 spiro atoms. The first-order valence-corrected chi connectivity index (χ1v) is 8.97. The molecule has 1 saturated heterocycles. The lowest BCUT2D eigenvalue weighted by Gasteiger charge is -2.44. The van der Waals surface area contributed by atoms with Gasteiger partial charge in [-0.05, 0) is 55.2 Å². The van der Waals surface area contributed by atoms with Gasteiger partial charge in [-0.15, -0.1) is 6.58 Å². The molecule has 0 amide bonds. The first-order chi connectivity index (χ1) is 12.6. The van der Waals surface area contributed by atoms with Crippen molar-refractivity contribution in [2.45, 2.75) is 31.4 Å². The Morgan fingerprint density at radius 1 is 1.23 bits per heavy atom. The maximum atomic E-state index is 13.3. The standard InChI is InChI=1S/C22H26FNO2/c1-4-13-22(19-7-9-20(23)10-8-19)14-15-24(16-26-22)17(2)18-5-11-21(25-3)12-6-18/h4-12,17H,1,13-16H2,2-3H3/t17-,22?/m0/s1. The Morgan fingerprint density at radius 2 is 1.92 bits per heavy atom. The molecule has 0 aliphatic carbocycles. The zero-order valence-electron chi connectivity index (χ0n) is 15.5. The lowest BCUT2D eigenvalue weighted by molar-refractivity contribution is -0.152. The molecule has 0 saturated carbocycles. The molecule has 1 heterocycles. The molecule has 0 N–H and O–H groups in total. The van der Waals surface area contributed by atoms with Crippen LogP contribution in [0.1, 0.15) is 36.9 Å². The predicted octanol–water partition coefficient (Wildman–Crippen LogP) is 5.05. The van der Waals surface area contributed by atoms with Gasteiger partial charge in [0.05, 0.1) is 12.7 Å². The summed E-state index contributed by atoms with van der Waals surface area (Å²) in [7, 11) is 1.67. The van der Waals surface area contributed by atoms with Gasteiger partial charge in [0.2, 0.25) is 0 Å². The van der Waals surface area contributed by atoms with E-state index in [0.29, 0.717) is 13.2 Å². The highest BCUT2D eigenvalue weighted by Crippen LogP contribution is 2.39. The van der Waals surface area contributed by atoms with Crippen LogP contribution >= 0.6 is 0 Å². The van der Waals surface area contributed by atoms with E-state index in [1.54, 1.807) is 7.11 Å². The molecule has 2 aromatic carbocycles. The van der Waals surface area contributed by atoms with Crippen LogP contribution in [0.3, 0.4) is 0 Å². The second-order valence-corrected chi connectivity index (χ2v) is 6.78. The van der Waals surface area contributed by atoms with Gasteiger partial charge in [0.1, 0.15) is 18.3 Å². The van der Waals surface area contributed by atoms with Gasteiger partial charge in [0, 0.05) is 12.6 Å². The van der Waals surface area contributed by atoms with Gasteiger partial charge in [0.15, 0.2) is 0 Å². The molecular formula is C22H26FNO2. The molecule has 26 heavy (non-hydrogen) atoms. The molecule has 1 fully saturated rings. The van der Waals surface area contributed by atoms with E-state index in [1.807, 2.05) is 30.3 Å². The summed E-state index contributed by atoms with van der Waals surface area (Å²) >= 11 is 0. The summed E-state index contributed by atoms with van der Waals surface area (Å²) < 4.78 is 24.9. The summed E-state index contributed by atoms with van der Waals surface area (Å²) in [6.45, 7) is 7.49. The minimum Gasteiger partial charge on any atom is -0.497 e. The maximum Gasteiger partial charge on any atom is 0.123 e. The van der Waals surface area contributed by atoms with Crippen LogP contribution in [-0.2, 0) is 10.3 Å². The highest BCUT2D eigenvalue weighted by molar-refractivity contribution is 5.29. The van der Waals surface area contributed by atoms with E-state index < -0.39 is 5.60 Å². The van der Waals surface area contributed by atoms with E-state index in [4.69, 9.17) is 9.47 Å². The molecule has 3 nitrogen and oxygen atoms in total. The van der Waals surface area contributed by atoms with Gasteiger partial charge in [-0.3, -0.25) is 4.90 Å². The van der Waals surface area contributed by atoms with E-state index in [0.717, 1.165) is 24.3 Å². The van der Waals surface area contributed by atoms with E-state index >= 15 is 0 Å². The van der Waals surface area contributed by atoms with Crippen LogP contribution in [0, 0.1) is 5.82 Å². The molecule has 2 aromatic rings. The van der Waals surface area contributed by atoms with Crippen LogP contribution in [0.15, 0.2) is 61.2 Å². The zero-order valence-corrected chi connectivity index (χ0v) is 15.5. The van der Waals surface area contributed by atoms with Crippen LogP contribution in [0.2, 0.25) is 0 Å². The molecule has 4 heteroatoms. The van der Waals surface area contributed by atoms with Crippen LogP contribution < -0.4 is 4.74 Å². The quantitative estimate of drug-likeness (QED) is 0.677. The van der Waals surface area contributed by atoms with Gasteiger partial charge in [0.25, 0.3) is 0 Å². The number of rotatable bonds is 6. The van der Waals surface area contributed by atoms with Crippen molar-refractivity contribution in [1.29, 1.82) is 0 Å². The molecule has 0 bridgehead atoms. The topological polar surface area (TPSA) is 21.7 Å². The monoisotopic (exact) mass is 355 g/mol. The van der Waals surface area contributed by atoms with Crippen LogP contribution in [0.4, 0.5) is 4.39 Å². The minimum atomic E-state index is -0.425. The average Bonchev–Trinajstić information content (AvgIpc) is 2.69. The number of halogens is 1. The zero-order chi connectivity index (χ0) is 18.6. The second kappa shape index (κ2) is 8.02. The van der Waals surface area contributed by atoms with Gasteiger partial charge in [-0.1, -0.05) is 30.3 Å². The van der Waals surface area contributed by atoms with Crippen molar-refractivity contribution in [3.63, 3.8) is 0 Å². The molecule has 1 aliphatic rings. The molecule has 1 aliphatic heterocycles. The predicted molar refractivity (Wildman–Crippen MR) is 102 cm³/mol. The van der Waals surface area contributed by atoms with E-state index in [1.165, 1.54) is 17.7 Å². The summed E-state index contributed by atoms with van der Waals surface area (Å²) in [6.07, 6.45) is 3.43. The first kappa shape index (κ1) is 18.6. The number of benzene rings is 2. The SMILES string of the molecule is C=CCC1(c2ccc(F)cc2)CCN([C@@H](C)c2ccc(OC)cc2)CO1. The smallest absolute Gasteiger partial charge is 0.123 e. The Bertz CT molecular complexity index is 719. The fourth-order valence-electron chi connectivity index (χ4n) is 3.56. The number of ether oxygens (including phenoxy) is 2. The third-order valence-corrected chi connectivity index (χ3v) is 5.30. The fourth-order valence-corrected chi connectivity index (χ4v) is 3.56. The Kier molecular flexibility index (Phi) is 5.74. The lowest BCUT2D eigenvalue weighted by Crippen LogP contribution is -2.45. The fraction of sp³-hybridized carbons (Fsp3) is 0.364. The number of hydrogen-bond acceptors (Lipinski definition) is 3. The van der Waals surface area contributed by atoms with Crippen LogP contribution in [-0.4, -0.2) is 25.3 Å². The molecule has 0 radical (unpaired) electrons. The second-order valence-electron chi connectivity index (χ2n) is 6.78. The summed E-state index contributed by atoms with van der Waals surface area (Å²) in [4.78, 5) is 2.31.